The van der Waals surface area contributed by atoms with E-state index in [0.717, 1.165) is 38.5 Å². The molecule has 3 nitrogen and oxygen atoms in total. The van der Waals surface area contributed by atoms with Gasteiger partial charge in [0.05, 0.1) is 12.8 Å². The molecule has 0 saturated carbocycles. The average molecular weight is 252 g/mol. The van der Waals surface area contributed by atoms with E-state index < -0.39 is 0 Å². The fraction of sp³-hybridized carbons (Fsp3) is 0.733. The summed E-state index contributed by atoms with van der Waals surface area (Å²) in [6, 6.07) is 2.09. The van der Waals surface area contributed by atoms with E-state index >= 15 is 0 Å². The van der Waals surface area contributed by atoms with Gasteiger partial charge in [-0.3, -0.25) is 4.90 Å². The molecule has 0 fully saturated rings. The molecular formula is C15H28N2O. The van der Waals surface area contributed by atoms with E-state index in [4.69, 9.17) is 4.42 Å². The molecule has 0 bridgehead atoms. The summed E-state index contributed by atoms with van der Waals surface area (Å²) in [7, 11) is 0. The Labute approximate surface area is 112 Å². The van der Waals surface area contributed by atoms with Crippen LogP contribution in [0, 0.1) is 0 Å². The fourth-order valence-electron chi connectivity index (χ4n) is 2.17. The standard InChI is InChI=1S/C15H28N2O/c1-4-8-16-12-14-7-11-18-15(14)13-17(9-5-2)10-6-3/h7,11,16H,4-6,8-10,12-13H2,1-3H3. The van der Waals surface area contributed by atoms with Crippen LogP contribution in [-0.4, -0.2) is 24.5 Å². The summed E-state index contributed by atoms with van der Waals surface area (Å²) in [5.41, 5.74) is 1.31. The van der Waals surface area contributed by atoms with Gasteiger partial charge in [-0.1, -0.05) is 20.8 Å². The second kappa shape index (κ2) is 9.17. The number of hydrogen-bond acceptors (Lipinski definition) is 3. The Balaban J connectivity index is 2.50. The predicted molar refractivity (Wildman–Crippen MR) is 76.6 cm³/mol. The zero-order valence-electron chi connectivity index (χ0n) is 12.2. The SMILES string of the molecule is CCCNCc1ccoc1CN(CCC)CCC. The van der Waals surface area contributed by atoms with Crippen LogP contribution in [0.4, 0.5) is 0 Å². The normalized spacial score (nSPS) is 11.3. The van der Waals surface area contributed by atoms with Gasteiger partial charge in [-0.2, -0.15) is 0 Å². The van der Waals surface area contributed by atoms with Gasteiger partial charge in [-0.25, -0.2) is 0 Å². The number of furan rings is 1. The molecule has 0 aromatic carbocycles. The minimum absolute atomic E-state index is 0.922. The topological polar surface area (TPSA) is 28.4 Å². The molecule has 0 aliphatic heterocycles. The summed E-state index contributed by atoms with van der Waals surface area (Å²) in [6.45, 7) is 11.9. The van der Waals surface area contributed by atoms with Gasteiger partial charge in [0.15, 0.2) is 0 Å². The molecular weight excluding hydrogens is 224 g/mol. The number of hydrogen-bond donors (Lipinski definition) is 1. The fourth-order valence-corrected chi connectivity index (χ4v) is 2.17. The Hall–Kier alpha value is -0.800. The molecule has 1 heterocycles. The molecule has 1 aromatic heterocycles. The third kappa shape index (κ3) is 5.23. The van der Waals surface area contributed by atoms with E-state index in [1.54, 1.807) is 0 Å². The van der Waals surface area contributed by atoms with Crippen molar-refractivity contribution in [3.05, 3.63) is 23.7 Å². The monoisotopic (exact) mass is 252 g/mol. The first kappa shape index (κ1) is 15.3. The van der Waals surface area contributed by atoms with Crippen LogP contribution < -0.4 is 5.32 Å². The third-order valence-electron chi connectivity index (χ3n) is 3.03. The Morgan fingerprint density at radius 2 is 1.83 bits per heavy atom. The lowest BCUT2D eigenvalue weighted by molar-refractivity contribution is 0.243. The van der Waals surface area contributed by atoms with Crippen LogP contribution in [0.25, 0.3) is 0 Å². The van der Waals surface area contributed by atoms with Crippen LogP contribution >= 0.6 is 0 Å². The van der Waals surface area contributed by atoms with E-state index in [1.807, 2.05) is 6.26 Å². The van der Waals surface area contributed by atoms with E-state index in [-0.39, 0.29) is 0 Å². The predicted octanol–water partition coefficient (Wildman–Crippen LogP) is 3.40. The Kier molecular flexibility index (Phi) is 7.78. The van der Waals surface area contributed by atoms with E-state index in [0.29, 0.717) is 0 Å². The molecule has 1 aromatic rings. The van der Waals surface area contributed by atoms with Crippen molar-refractivity contribution in [3.8, 4) is 0 Å². The van der Waals surface area contributed by atoms with Crippen molar-refractivity contribution in [2.45, 2.75) is 53.1 Å². The maximum absolute atomic E-state index is 5.64. The van der Waals surface area contributed by atoms with Crippen molar-refractivity contribution >= 4 is 0 Å². The summed E-state index contributed by atoms with van der Waals surface area (Å²) < 4.78 is 5.64. The van der Waals surface area contributed by atoms with Crippen molar-refractivity contribution in [2.24, 2.45) is 0 Å². The van der Waals surface area contributed by atoms with Gasteiger partial charge in [0.1, 0.15) is 5.76 Å². The number of nitrogens with zero attached hydrogens (tertiary/aromatic N) is 1. The Morgan fingerprint density at radius 1 is 1.11 bits per heavy atom. The zero-order chi connectivity index (χ0) is 13.2. The molecule has 18 heavy (non-hydrogen) atoms. The first-order valence-electron chi connectivity index (χ1n) is 7.30. The molecule has 1 rings (SSSR count). The zero-order valence-corrected chi connectivity index (χ0v) is 12.2. The van der Waals surface area contributed by atoms with Crippen molar-refractivity contribution in [3.63, 3.8) is 0 Å². The molecule has 1 N–H and O–H groups in total. The second-order valence-electron chi connectivity index (χ2n) is 4.82. The summed E-state index contributed by atoms with van der Waals surface area (Å²) in [4.78, 5) is 2.47. The van der Waals surface area contributed by atoms with Gasteiger partial charge in [-0.05, 0) is 45.0 Å². The summed E-state index contributed by atoms with van der Waals surface area (Å²) in [5, 5.41) is 3.44. The minimum Gasteiger partial charge on any atom is -0.468 e. The molecule has 104 valence electrons. The van der Waals surface area contributed by atoms with Gasteiger partial charge in [0.2, 0.25) is 0 Å². The number of nitrogens with one attached hydrogen (secondary N) is 1. The average Bonchev–Trinajstić information content (AvgIpc) is 2.78. The molecule has 0 unspecified atom stereocenters. The van der Waals surface area contributed by atoms with Gasteiger partial charge >= 0.3 is 0 Å². The third-order valence-corrected chi connectivity index (χ3v) is 3.03. The molecule has 0 radical (unpaired) electrons. The lowest BCUT2D eigenvalue weighted by Crippen LogP contribution is -2.25. The molecule has 0 atom stereocenters. The quantitative estimate of drug-likeness (QED) is 0.647. The van der Waals surface area contributed by atoms with E-state index in [9.17, 15) is 0 Å². The highest BCUT2D eigenvalue weighted by atomic mass is 16.3. The summed E-state index contributed by atoms with van der Waals surface area (Å²) in [5.74, 6) is 1.13. The summed E-state index contributed by atoms with van der Waals surface area (Å²) in [6.07, 6.45) is 5.38. The maximum atomic E-state index is 5.64. The van der Waals surface area contributed by atoms with Crippen molar-refractivity contribution < 1.29 is 4.42 Å². The lowest BCUT2D eigenvalue weighted by Gasteiger charge is -2.20. The summed E-state index contributed by atoms with van der Waals surface area (Å²) >= 11 is 0. The highest BCUT2D eigenvalue weighted by Crippen LogP contribution is 2.14. The van der Waals surface area contributed by atoms with Crippen molar-refractivity contribution in [2.75, 3.05) is 19.6 Å². The first-order chi connectivity index (χ1) is 8.81. The molecule has 0 aliphatic rings. The first-order valence-corrected chi connectivity index (χ1v) is 7.30. The van der Waals surface area contributed by atoms with Crippen LogP contribution in [0.3, 0.4) is 0 Å². The smallest absolute Gasteiger partial charge is 0.122 e. The molecule has 0 saturated heterocycles. The molecule has 3 heteroatoms. The lowest BCUT2D eigenvalue weighted by atomic mass is 10.2. The second-order valence-corrected chi connectivity index (χ2v) is 4.82. The maximum Gasteiger partial charge on any atom is 0.122 e. The minimum atomic E-state index is 0.922. The molecule has 0 spiro atoms. The van der Waals surface area contributed by atoms with Crippen LogP contribution in [0.2, 0.25) is 0 Å². The Bertz CT molecular complexity index is 303. The van der Waals surface area contributed by atoms with E-state index in [2.05, 4.69) is 37.1 Å². The van der Waals surface area contributed by atoms with Crippen LogP contribution in [-0.2, 0) is 13.1 Å². The molecule has 0 aliphatic carbocycles. The Morgan fingerprint density at radius 3 is 2.44 bits per heavy atom. The van der Waals surface area contributed by atoms with Crippen LogP contribution in [0.5, 0.6) is 0 Å². The van der Waals surface area contributed by atoms with Gasteiger partial charge in [-0.15, -0.1) is 0 Å². The van der Waals surface area contributed by atoms with Crippen LogP contribution in [0.15, 0.2) is 16.7 Å². The van der Waals surface area contributed by atoms with Crippen LogP contribution in [0.1, 0.15) is 51.4 Å². The number of rotatable bonds is 10. The van der Waals surface area contributed by atoms with Crippen molar-refractivity contribution in [1.29, 1.82) is 0 Å². The van der Waals surface area contributed by atoms with Crippen molar-refractivity contribution in [1.82, 2.24) is 10.2 Å². The largest absolute Gasteiger partial charge is 0.468 e. The van der Waals surface area contributed by atoms with E-state index in [1.165, 1.54) is 24.8 Å². The highest BCUT2D eigenvalue weighted by Gasteiger charge is 2.10. The van der Waals surface area contributed by atoms with Gasteiger partial charge < -0.3 is 9.73 Å². The van der Waals surface area contributed by atoms with Gasteiger partial charge in [0, 0.05) is 12.1 Å². The van der Waals surface area contributed by atoms with Gasteiger partial charge in [0.25, 0.3) is 0 Å². The molecule has 0 amide bonds. The highest BCUT2D eigenvalue weighted by molar-refractivity contribution is 5.16.